The van der Waals surface area contributed by atoms with Crippen molar-refractivity contribution < 1.29 is 4.79 Å². The van der Waals surface area contributed by atoms with E-state index in [4.69, 9.17) is 11.6 Å². The van der Waals surface area contributed by atoms with Gasteiger partial charge in [-0.1, -0.05) is 23.7 Å². The molecule has 1 aliphatic rings. The lowest BCUT2D eigenvalue weighted by molar-refractivity contribution is -0.129. The summed E-state index contributed by atoms with van der Waals surface area (Å²) in [4.78, 5) is 33.8. The zero-order valence-corrected chi connectivity index (χ0v) is 14.2. The predicted molar refractivity (Wildman–Crippen MR) is 95.7 cm³/mol. The summed E-state index contributed by atoms with van der Waals surface area (Å²) in [5.74, 6) is 0.0608. The Bertz CT molecular complexity index is 977. The van der Waals surface area contributed by atoms with E-state index in [1.54, 1.807) is 29.0 Å². The minimum atomic E-state index is -0.175. The number of rotatable bonds is 3. The Labute approximate surface area is 149 Å². The van der Waals surface area contributed by atoms with Crippen molar-refractivity contribution in [1.29, 1.82) is 0 Å². The first kappa shape index (κ1) is 15.9. The summed E-state index contributed by atoms with van der Waals surface area (Å²) in [6.45, 7) is 1.17. The van der Waals surface area contributed by atoms with Gasteiger partial charge in [0.05, 0.1) is 18.0 Å². The third-order valence-corrected chi connectivity index (χ3v) is 4.88. The van der Waals surface area contributed by atoms with Crippen molar-refractivity contribution >= 4 is 28.7 Å². The van der Waals surface area contributed by atoms with Gasteiger partial charge in [0.1, 0.15) is 0 Å². The molecule has 0 spiro atoms. The summed E-state index contributed by atoms with van der Waals surface area (Å²) >= 11 is 5.88. The van der Waals surface area contributed by atoms with Crippen molar-refractivity contribution in [2.45, 2.75) is 18.9 Å². The highest BCUT2D eigenvalue weighted by molar-refractivity contribution is 6.30. The lowest BCUT2D eigenvalue weighted by Gasteiger charge is -2.17. The standard InChI is InChI=1S/C18H17ClN4O2/c19-13-5-3-12(4-6-13)10-16(24)22-9-7-14(11-22)23-17-15(21-18(23)25)2-1-8-20-17/h1-6,8,14H,7,9-11H2,(H,21,25)/t14-/m1/s1. The van der Waals surface area contributed by atoms with E-state index in [2.05, 4.69) is 9.97 Å². The van der Waals surface area contributed by atoms with Crippen LogP contribution in [0.25, 0.3) is 11.2 Å². The van der Waals surface area contributed by atoms with Gasteiger partial charge in [-0.3, -0.25) is 9.36 Å². The molecular formula is C18H17ClN4O2. The molecule has 1 atom stereocenters. The Kier molecular flexibility index (Phi) is 4.05. The molecule has 128 valence electrons. The number of benzene rings is 1. The van der Waals surface area contributed by atoms with Gasteiger partial charge in [0, 0.05) is 24.3 Å². The molecule has 25 heavy (non-hydrogen) atoms. The second kappa shape index (κ2) is 6.37. The minimum Gasteiger partial charge on any atom is -0.340 e. The largest absolute Gasteiger partial charge is 0.340 e. The summed E-state index contributed by atoms with van der Waals surface area (Å²) < 4.78 is 1.67. The number of amides is 1. The fraction of sp³-hybridized carbons (Fsp3) is 0.278. The topological polar surface area (TPSA) is 71.0 Å². The number of pyridine rings is 1. The number of hydrogen-bond acceptors (Lipinski definition) is 3. The van der Waals surface area contributed by atoms with Crippen LogP contribution in [0, 0.1) is 0 Å². The molecule has 1 fully saturated rings. The number of aromatic amines is 1. The third kappa shape index (κ3) is 3.05. The van der Waals surface area contributed by atoms with Crippen LogP contribution in [0.4, 0.5) is 0 Å². The van der Waals surface area contributed by atoms with Crippen LogP contribution >= 0.6 is 11.6 Å². The fourth-order valence-corrected chi connectivity index (χ4v) is 3.49. The molecule has 0 unspecified atom stereocenters. The first-order valence-corrected chi connectivity index (χ1v) is 8.57. The van der Waals surface area contributed by atoms with Crippen LogP contribution in [0.2, 0.25) is 5.02 Å². The minimum absolute atomic E-state index is 0.0506. The average molecular weight is 357 g/mol. The van der Waals surface area contributed by atoms with Crippen molar-refractivity contribution in [1.82, 2.24) is 19.4 Å². The fourth-order valence-electron chi connectivity index (χ4n) is 3.36. The Balaban J connectivity index is 1.51. The van der Waals surface area contributed by atoms with Crippen LogP contribution in [0.15, 0.2) is 47.4 Å². The van der Waals surface area contributed by atoms with Crippen molar-refractivity contribution in [3.05, 3.63) is 63.7 Å². The molecule has 0 aliphatic carbocycles. The molecule has 1 aliphatic heterocycles. The molecule has 7 heteroatoms. The van der Waals surface area contributed by atoms with Crippen LogP contribution < -0.4 is 5.69 Å². The van der Waals surface area contributed by atoms with Crippen molar-refractivity contribution in [2.75, 3.05) is 13.1 Å². The number of carbonyl (C=O) groups is 1. The number of nitrogens with zero attached hydrogens (tertiary/aromatic N) is 3. The van der Waals surface area contributed by atoms with E-state index >= 15 is 0 Å². The molecule has 3 aromatic rings. The quantitative estimate of drug-likeness (QED) is 0.783. The van der Waals surface area contributed by atoms with E-state index in [0.29, 0.717) is 30.2 Å². The van der Waals surface area contributed by atoms with E-state index < -0.39 is 0 Å². The van der Waals surface area contributed by atoms with Gasteiger partial charge in [-0.15, -0.1) is 0 Å². The number of hydrogen-bond donors (Lipinski definition) is 1. The van der Waals surface area contributed by atoms with Crippen LogP contribution in [0.1, 0.15) is 18.0 Å². The normalized spacial score (nSPS) is 17.3. The van der Waals surface area contributed by atoms with Gasteiger partial charge in [-0.2, -0.15) is 0 Å². The van der Waals surface area contributed by atoms with Gasteiger partial charge in [-0.25, -0.2) is 9.78 Å². The summed E-state index contributed by atoms with van der Waals surface area (Å²) in [5, 5.41) is 0.656. The highest BCUT2D eigenvalue weighted by atomic mass is 35.5. The second-order valence-electron chi connectivity index (χ2n) is 6.26. The van der Waals surface area contributed by atoms with E-state index in [9.17, 15) is 9.59 Å². The monoisotopic (exact) mass is 356 g/mol. The Morgan fingerprint density at radius 1 is 1.28 bits per heavy atom. The SMILES string of the molecule is O=C(Cc1ccc(Cl)cc1)N1CC[C@@H](n2c(=O)[nH]c3cccnc32)C1. The molecule has 2 aromatic heterocycles. The molecule has 1 N–H and O–H groups in total. The molecule has 1 amide bonds. The van der Waals surface area contributed by atoms with Crippen LogP contribution in [0.5, 0.6) is 0 Å². The summed E-state index contributed by atoms with van der Waals surface area (Å²) in [7, 11) is 0. The lowest BCUT2D eigenvalue weighted by atomic mass is 10.1. The van der Waals surface area contributed by atoms with Crippen LogP contribution in [-0.2, 0) is 11.2 Å². The van der Waals surface area contributed by atoms with Gasteiger partial charge in [0.2, 0.25) is 5.91 Å². The molecule has 4 rings (SSSR count). The number of aromatic nitrogens is 3. The van der Waals surface area contributed by atoms with Crippen LogP contribution in [0.3, 0.4) is 0 Å². The predicted octanol–water partition coefficient (Wildman–Crippen LogP) is 2.39. The van der Waals surface area contributed by atoms with E-state index in [0.717, 1.165) is 17.5 Å². The molecule has 3 heterocycles. The highest BCUT2D eigenvalue weighted by Gasteiger charge is 2.29. The molecule has 0 bridgehead atoms. The van der Waals surface area contributed by atoms with Crippen molar-refractivity contribution in [2.24, 2.45) is 0 Å². The first-order valence-electron chi connectivity index (χ1n) is 8.19. The van der Waals surface area contributed by atoms with Gasteiger partial charge in [-0.05, 0) is 36.2 Å². The molecular weight excluding hydrogens is 340 g/mol. The van der Waals surface area contributed by atoms with E-state index in [1.807, 2.05) is 23.1 Å². The summed E-state index contributed by atoms with van der Waals surface area (Å²) in [5.41, 5.74) is 2.12. The van der Waals surface area contributed by atoms with E-state index in [1.165, 1.54) is 0 Å². The molecule has 0 radical (unpaired) electrons. The number of likely N-dealkylation sites (tertiary alicyclic amines) is 1. The van der Waals surface area contributed by atoms with Crippen molar-refractivity contribution in [3.8, 4) is 0 Å². The molecule has 1 aromatic carbocycles. The maximum atomic E-state index is 12.5. The second-order valence-corrected chi connectivity index (χ2v) is 6.70. The maximum absolute atomic E-state index is 12.5. The average Bonchev–Trinajstić information content (AvgIpc) is 3.20. The first-order chi connectivity index (χ1) is 12.1. The maximum Gasteiger partial charge on any atom is 0.327 e. The zero-order valence-electron chi connectivity index (χ0n) is 13.5. The smallest absolute Gasteiger partial charge is 0.327 e. The van der Waals surface area contributed by atoms with Gasteiger partial charge >= 0.3 is 5.69 Å². The molecule has 1 saturated heterocycles. The Morgan fingerprint density at radius 3 is 2.88 bits per heavy atom. The number of imidazole rings is 1. The number of carbonyl (C=O) groups excluding carboxylic acids is 1. The van der Waals surface area contributed by atoms with Gasteiger partial charge in [0.25, 0.3) is 0 Å². The third-order valence-electron chi connectivity index (χ3n) is 4.63. The molecule has 0 saturated carbocycles. The zero-order chi connectivity index (χ0) is 17.4. The van der Waals surface area contributed by atoms with Gasteiger partial charge in [0.15, 0.2) is 5.65 Å². The summed E-state index contributed by atoms with van der Waals surface area (Å²) in [6, 6.07) is 10.9. The number of fused-ring (bicyclic) bond motifs is 1. The highest BCUT2D eigenvalue weighted by Crippen LogP contribution is 2.24. The Hall–Kier alpha value is -2.60. The number of H-pyrrole nitrogens is 1. The van der Waals surface area contributed by atoms with Crippen LogP contribution in [-0.4, -0.2) is 38.4 Å². The molecule has 6 nitrogen and oxygen atoms in total. The van der Waals surface area contributed by atoms with E-state index in [-0.39, 0.29) is 17.6 Å². The number of nitrogens with one attached hydrogen (secondary N) is 1. The lowest BCUT2D eigenvalue weighted by Crippen LogP contribution is -2.31. The summed E-state index contributed by atoms with van der Waals surface area (Å²) in [6.07, 6.45) is 2.76. The van der Waals surface area contributed by atoms with Crippen molar-refractivity contribution in [3.63, 3.8) is 0 Å². The number of halogens is 1. The van der Waals surface area contributed by atoms with Gasteiger partial charge < -0.3 is 9.88 Å². The Morgan fingerprint density at radius 2 is 2.08 bits per heavy atom.